The Kier molecular flexibility index (Phi) is 3.93. The van der Waals surface area contributed by atoms with Gasteiger partial charge in [-0.3, -0.25) is 0 Å². The first-order chi connectivity index (χ1) is 8.60. The van der Waals surface area contributed by atoms with Gasteiger partial charge in [-0.1, -0.05) is 27.5 Å². The van der Waals surface area contributed by atoms with Crippen molar-refractivity contribution >= 4 is 33.2 Å². The third-order valence-electron chi connectivity index (χ3n) is 2.17. The van der Waals surface area contributed by atoms with Gasteiger partial charge in [0.05, 0.1) is 17.8 Å². The third-order valence-corrected chi connectivity index (χ3v) is 2.96. The van der Waals surface area contributed by atoms with Crippen molar-refractivity contribution in [1.29, 1.82) is 0 Å². The van der Waals surface area contributed by atoms with Crippen molar-refractivity contribution in [3.63, 3.8) is 0 Å². The number of ether oxygens (including phenoxy) is 2. The summed E-state index contributed by atoms with van der Waals surface area (Å²) in [6.45, 7) is 0. The second-order valence-electron chi connectivity index (χ2n) is 3.42. The minimum atomic E-state index is 0.263. The summed E-state index contributed by atoms with van der Waals surface area (Å²) < 4.78 is 11.4. The van der Waals surface area contributed by atoms with Crippen LogP contribution in [0.1, 0.15) is 0 Å². The van der Waals surface area contributed by atoms with Crippen molar-refractivity contribution in [3.05, 3.63) is 39.8 Å². The Morgan fingerprint density at radius 3 is 2.72 bits per heavy atom. The first-order valence-corrected chi connectivity index (χ1v) is 6.20. The smallest absolute Gasteiger partial charge is 0.246 e. The molecular weight excluding hydrogens is 320 g/mol. The molecular formula is C12H10BrClN2O2. The van der Waals surface area contributed by atoms with E-state index in [4.69, 9.17) is 26.8 Å². The molecule has 94 valence electrons. The van der Waals surface area contributed by atoms with Gasteiger partial charge in [-0.25, -0.2) is 0 Å². The quantitative estimate of drug-likeness (QED) is 0.928. The predicted molar refractivity (Wildman–Crippen MR) is 74.4 cm³/mol. The number of nitrogen functional groups attached to an aromatic ring is 1. The standard InChI is InChI=1S/C12H10BrClN2O2/c1-17-11-5-3-9(15)12(16-11)18-10-4-2-7(13)6-8(10)14/h2-6H,15H2,1H3. The Balaban J connectivity index is 2.33. The van der Waals surface area contributed by atoms with Gasteiger partial charge in [0.15, 0.2) is 0 Å². The van der Waals surface area contributed by atoms with Crippen LogP contribution in [0.4, 0.5) is 5.69 Å². The molecule has 0 unspecified atom stereocenters. The molecule has 2 aromatic rings. The fourth-order valence-corrected chi connectivity index (χ4v) is 2.00. The second-order valence-corrected chi connectivity index (χ2v) is 4.75. The van der Waals surface area contributed by atoms with E-state index in [1.807, 2.05) is 6.07 Å². The highest BCUT2D eigenvalue weighted by atomic mass is 79.9. The molecule has 0 spiro atoms. The lowest BCUT2D eigenvalue weighted by Crippen LogP contribution is -1.97. The highest BCUT2D eigenvalue weighted by molar-refractivity contribution is 9.10. The number of benzene rings is 1. The largest absolute Gasteiger partial charge is 0.481 e. The molecule has 1 aromatic carbocycles. The normalized spacial score (nSPS) is 10.2. The zero-order valence-electron chi connectivity index (χ0n) is 9.48. The minimum absolute atomic E-state index is 0.263. The first kappa shape index (κ1) is 13.0. The van der Waals surface area contributed by atoms with E-state index in [1.54, 1.807) is 24.3 Å². The zero-order chi connectivity index (χ0) is 13.1. The number of hydrogen-bond acceptors (Lipinski definition) is 4. The summed E-state index contributed by atoms with van der Waals surface area (Å²) in [7, 11) is 1.52. The Labute approximate surface area is 118 Å². The molecule has 6 heteroatoms. The number of methoxy groups -OCH3 is 1. The number of pyridine rings is 1. The van der Waals surface area contributed by atoms with Gasteiger partial charge in [0.25, 0.3) is 0 Å². The van der Waals surface area contributed by atoms with Crippen LogP contribution in [0, 0.1) is 0 Å². The number of rotatable bonds is 3. The molecule has 0 aliphatic heterocycles. The molecule has 0 radical (unpaired) electrons. The van der Waals surface area contributed by atoms with E-state index in [9.17, 15) is 0 Å². The molecule has 0 amide bonds. The van der Waals surface area contributed by atoms with Crippen molar-refractivity contribution in [2.45, 2.75) is 0 Å². The highest BCUT2D eigenvalue weighted by Gasteiger charge is 2.09. The van der Waals surface area contributed by atoms with Crippen LogP contribution < -0.4 is 15.2 Å². The molecule has 0 fully saturated rings. The van der Waals surface area contributed by atoms with E-state index in [1.165, 1.54) is 7.11 Å². The van der Waals surface area contributed by atoms with E-state index in [0.717, 1.165) is 4.47 Å². The Morgan fingerprint density at radius 2 is 2.06 bits per heavy atom. The highest BCUT2D eigenvalue weighted by Crippen LogP contribution is 2.33. The summed E-state index contributed by atoms with van der Waals surface area (Å²) in [6.07, 6.45) is 0. The predicted octanol–water partition coefficient (Wildman–Crippen LogP) is 3.88. The van der Waals surface area contributed by atoms with Gasteiger partial charge in [-0.05, 0) is 24.3 Å². The van der Waals surface area contributed by atoms with Crippen LogP contribution in [-0.2, 0) is 0 Å². The average Bonchev–Trinajstić information content (AvgIpc) is 2.35. The molecule has 2 N–H and O–H groups in total. The minimum Gasteiger partial charge on any atom is -0.481 e. The number of halogens is 2. The molecule has 0 aliphatic rings. The van der Waals surface area contributed by atoms with Crippen molar-refractivity contribution in [2.75, 3.05) is 12.8 Å². The second kappa shape index (κ2) is 5.46. The van der Waals surface area contributed by atoms with Crippen LogP contribution in [0.3, 0.4) is 0 Å². The topological polar surface area (TPSA) is 57.4 Å². The molecule has 0 saturated heterocycles. The van der Waals surface area contributed by atoms with Gasteiger partial charge in [0.1, 0.15) is 5.75 Å². The lowest BCUT2D eigenvalue weighted by atomic mass is 10.3. The average molecular weight is 330 g/mol. The third kappa shape index (κ3) is 2.86. The number of anilines is 1. The van der Waals surface area contributed by atoms with Gasteiger partial charge in [-0.2, -0.15) is 4.98 Å². The maximum Gasteiger partial charge on any atom is 0.246 e. The van der Waals surface area contributed by atoms with Crippen molar-refractivity contribution in [3.8, 4) is 17.5 Å². The van der Waals surface area contributed by atoms with Crippen LogP contribution in [0.25, 0.3) is 0 Å². The van der Waals surface area contributed by atoms with Crippen molar-refractivity contribution in [2.24, 2.45) is 0 Å². The monoisotopic (exact) mass is 328 g/mol. The molecule has 2 rings (SSSR count). The number of nitrogens with two attached hydrogens (primary N) is 1. The molecule has 4 nitrogen and oxygen atoms in total. The lowest BCUT2D eigenvalue weighted by molar-refractivity contribution is 0.384. The SMILES string of the molecule is COc1ccc(N)c(Oc2ccc(Br)cc2Cl)n1. The van der Waals surface area contributed by atoms with Gasteiger partial charge in [0, 0.05) is 10.5 Å². The molecule has 1 heterocycles. The maximum atomic E-state index is 6.05. The van der Waals surface area contributed by atoms with Crippen LogP contribution >= 0.6 is 27.5 Å². The Morgan fingerprint density at radius 1 is 1.28 bits per heavy atom. The van der Waals surface area contributed by atoms with Crippen LogP contribution in [-0.4, -0.2) is 12.1 Å². The van der Waals surface area contributed by atoms with Crippen molar-refractivity contribution < 1.29 is 9.47 Å². The first-order valence-electron chi connectivity index (χ1n) is 5.03. The van der Waals surface area contributed by atoms with Crippen LogP contribution in [0.15, 0.2) is 34.8 Å². The lowest BCUT2D eigenvalue weighted by Gasteiger charge is -2.10. The molecule has 0 aliphatic carbocycles. The zero-order valence-corrected chi connectivity index (χ0v) is 11.8. The fraction of sp³-hybridized carbons (Fsp3) is 0.0833. The summed E-state index contributed by atoms with van der Waals surface area (Å²) in [4.78, 5) is 4.11. The summed E-state index contributed by atoms with van der Waals surface area (Å²) in [6, 6.07) is 8.59. The van der Waals surface area contributed by atoms with Gasteiger partial charge in [-0.15, -0.1) is 0 Å². The number of hydrogen-bond donors (Lipinski definition) is 1. The summed E-state index contributed by atoms with van der Waals surface area (Å²) in [5, 5.41) is 0.466. The van der Waals surface area contributed by atoms with E-state index < -0.39 is 0 Å². The van der Waals surface area contributed by atoms with Crippen LogP contribution in [0.5, 0.6) is 17.5 Å². The summed E-state index contributed by atoms with van der Waals surface area (Å²) >= 11 is 9.37. The van der Waals surface area contributed by atoms with Gasteiger partial charge < -0.3 is 15.2 Å². The maximum absolute atomic E-state index is 6.05. The van der Waals surface area contributed by atoms with E-state index in [0.29, 0.717) is 22.3 Å². The van der Waals surface area contributed by atoms with Crippen LogP contribution in [0.2, 0.25) is 5.02 Å². The molecule has 1 aromatic heterocycles. The Bertz CT molecular complexity index is 578. The van der Waals surface area contributed by atoms with Gasteiger partial charge in [0.2, 0.25) is 11.8 Å². The van der Waals surface area contributed by atoms with E-state index >= 15 is 0 Å². The van der Waals surface area contributed by atoms with Crippen molar-refractivity contribution in [1.82, 2.24) is 4.98 Å². The van der Waals surface area contributed by atoms with Gasteiger partial charge >= 0.3 is 0 Å². The number of aromatic nitrogens is 1. The summed E-state index contributed by atoms with van der Waals surface area (Å²) in [5.41, 5.74) is 6.19. The molecule has 0 saturated carbocycles. The number of nitrogens with zero attached hydrogens (tertiary/aromatic N) is 1. The van der Waals surface area contributed by atoms with E-state index in [-0.39, 0.29) is 5.88 Å². The Hall–Kier alpha value is -1.46. The molecule has 18 heavy (non-hydrogen) atoms. The van der Waals surface area contributed by atoms with E-state index in [2.05, 4.69) is 20.9 Å². The fourth-order valence-electron chi connectivity index (χ4n) is 1.29. The summed E-state index contributed by atoms with van der Waals surface area (Å²) in [5.74, 6) is 1.17. The molecule has 0 atom stereocenters. The molecule has 0 bridgehead atoms.